The smallest absolute Gasteiger partial charge is 0.127 e. The minimum absolute atomic E-state index is 0.0871. The van der Waals surface area contributed by atoms with Gasteiger partial charge >= 0.3 is 0 Å². The third-order valence-corrected chi connectivity index (χ3v) is 3.39. The monoisotopic (exact) mass is 183 g/mol. The van der Waals surface area contributed by atoms with Crippen molar-refractivity contribution >= 4 is 11.8 Å². The van der Waals surface area contributed by atoms with Crippen LogP contribution in [0.25, 0.3) is 0 Å². The van der Waals surface area contributed by atoms with Crippen molar-refractivity contribution in [2.75, 3.05) is 6.54 Å². The Bertz CT molecular complexity index is 301. The number of fused-ring (bicyclic) bond motifs is 1. The maximum absolute atomic E-state index is 13.1. The Hall–Kier alpha value is -0.540. The molecule has 0 saturated carbocycles. The van der Waals surface area contributed by atoms with Crippen molar-refractivity contribution in [3.8, 4) is 0 Å². The minimum Gasteiger partial charge on any atom is -0.329 e. The molecule has 0 aromatic heterocycles. The molecule has 0 aliphatic carbocycles. The van der Waals surface area contributed by atoms with Gasteiger partial charge in [0.05, 0.1) is 0 Å². The first-order valence-electron chi connectivity index (χ1n) is 3.95. The summed E-state index contributed by atoms with van der Waals surface area (Å²) in [6.45, 7) is 0.624. The van der Waals surface area contributed by atoms with E-state index in [9.17, 15) is 4.39 Å². The number of halogens is 1. The highest BCUT2D eigenvalue weighted by molar-refractivity contribution is 8.00. The molecule has 1 aliphatic rings. The molecule has 1 atom stereocenters. The van der Waals surface area contributed by atoms with Gasteiger partial charge < -0.3 is 5.73 Å². The average molecular weight is 183 g/mol. The molecule has 1 aromatic carbocycles. The summed E-state index contributed by atoms with van der Waals surface area (Å²) in [5.74, 6) is -0.0871. The molecular formula is C9H10FNS. The van der Waals surface area contributed by atoms with Gasteiger partial charge in [0, 0.05) is 22.3 Å². The van der Waals surface area contributed by atoms with Crippen LogP contribution in [-0.2, 0) is 6.42 Å². The van der Waals surface area contributed by atoms with Crippen LogP contribution in [0.2, 0.25) is 0 Å². The lowest BCUT2D eigenvalue weighted by Crippen LogP contribution is -2.15. The maximum Gasteiger partial charge on any atom is 0.127 e. The predicted molar refractivity (Wildman–Crippen MR) is 48.8 cm³/mol. The normalized spacial score (nSPS) is 21.0. The molecule has 64 valence electrons. The van der Waals surface area contributed by atoms with E-state index in [4.69, 9.17) is 5.73 Å². The van der Waals surface area contributed by atoms with Crippen LogP contribution in [0.4, 0.5) is 4.39 Å². The molecule has 0 fully saturated rings. The van der Waals surface area contributed by atoms with Crippen molar-refractivity contribution in [3.63, 3.8) is 0 Å². The van der Waals surface area contributed by atoms with Crippen LogP contribution in [0.1, 0.15) is 5.56 Å². The van der Waals surface area contributed by atoms with Crippen molar-refractivity contribution < 1.29 is 4.39 Å². The lowest BCUT2D eigenvalue weighted by molar-refractivity contribution is 0.604. The second-order valence-electron chi connectivity index (χ2n) is 2.90. The van der Waals surface area contributed by atoms with Crippen molar-refractivity contribution in [3.05, 3.63) is 29.6 Å². The van der Waals surface area contributed by atoms with Gasteiger partial charge in [0.15, 0.2) is 0 Å². The van der Waals surface area contributed by atoms with Crippen LogP contribution in [0.3, 0.4) is 0 Å². The van der Waals surface area contributed by atoms with Gasteiger partial charge in [-0.3, -0.25) is 0 Å². The maximum atomic E-state index is 13.1. The fourth-order valence-electron chi connectivity index (χ4n) is 1.43. The van der Waals surface area contributed by atoms with E-state index in [-0.39, 0.29) is 5.82 Å². The van der Waals surface area contributed by atoms with E-state index in [0.29, 0.717) is 11.8 Å². The zero-order valence-electron chi connectivity index (χ0n) is 6.59. The lowest BCUT2D eigenvalue weighted by atomic mass is 10.1. The van der Waals surface area contributed by atoms with E-state index in [2.05, 4.69) is 0 Å². The second-order valence-corrected chi connectivity index (χ2v) is 4.24. The number of hydrogen-bond donors (Lipinski definition) is 1. The lowest BCUT2D eigenvalue weighted by Gasteiger charge is -2.00. The molecule has 0 spiro atoms. The van der Waals surface area contributed by atoms with Crippen LogP contribution in [0.15, 0.2) is 23.1 Å². The predicted octanol–water partition coefficient (Wildman–Crippen LogP) is 1.80. The summed E-state index contributed by atoms with van der Waals surface area (Å²) >= 11 is 1.69. The molecule has 1 heterocycles. The molecule has 3 heteroatoms. The number of thioether (sulfide) groups is 1. The van der Waals surface area contributed by atoms with Gasteiger partial charge in [0.2, 0.25) is 0 Å². The Morgan fingerprint density at radius 1 is 1.58 bits per heavy atom. The molecule has 1 aromatic rings. The third kappa shape index (κ3) is 1.23. The van der Waals surface area contributed by atoms with E-state index < -0.39 is 0 Å². The summed E-state index contributed by atoms with van der Waals surface area (Å²) in [5.41, 5.74) is 6.37. The molecule has 1 aliphatic heterocycles. The van der Waals surface area contributed by atoms with Crippen LogP contribution in [-0.4, -0.2) is 11.8 Å². The largest absolute Gasteiger partial charge is 0.329 e. The summed E-state index contributed by atoms with van der Waals surface area (Å²) in [4.78, 5) is 1.06. The summed E-state index contributed by atoms with van der Waals surface area (Å²) in [5, 5.41) is 0.372. The van der Waals surface area contributed by atoms with Crippen LogP contribution in [0, 0.1) is 5.82 Å². The molecule has 0 saturated heterocycles. The van der Waals surface area contributed by atoms with E-state index in [0.717, 1.165) is 16.9 Å². The molecule has 0 amide bonds. The van der Waals surface area contributed by atoms with Crippen molar-refractivity contribution in [2.45, 2.75) is 16.6 Å². The molecular weight excluding hydrogens is 173 g/mol. The first-order valence-corrected chi connectivity index (χ1v) is 4.83. The highest BCUT2D eigenvalue weighted by Gasteiger charge is 2.23. The summed E-state index contributed by atoms with van der Waals surface area (Å²) in [6, 6.07) is 5.22. The van der Waals surface area contributed by atoms with Crippen molar-refractivity contribution in [1.29, 1.82) is 0 Å². The van der Waals surface area contributed by atoms with Gasteiger partial charge in [0.1, 0.15) is 5.82 Å². The van der Waals surface area contributed by atoms with Gasteiger partial charge in [0.25, 0.3) is 0 Å². The first kappa shape index (κ1) is 8.08. The third-order valence-electron chi connectivity index (χ3n) is 2.06. The number of benzene rings is 1. The summed E-state index contributed by atoms with van der Waals surface area (Å²) < 4.78 is 13.1. The van der Waals surface area contributed by atoms with E-state index >= 15 is 0 Å². The Morgan fingerprint density at radius 2 is 2.42 bits per heavy atom. The highest BCUT2D eigenvalue weighted by atomic mass is 32.2. The SMILES string of the molecule is NC[C@@H]1Cc2c(F)cccc2S1. The van der Waals surface area contributed by atoms with Crippen LogP contribution >= 0.6 is 11.8 Å². The Kier molecular flexibility index (Phi) is 2.07. The van der Waals surface area contributed by atoms with E-state index in [1.807, 2.05) is 6.07 Å². The van der Waals surface area contributed by atoms with E-state index in [1.54, 1.807) is 17.8 Å². The van der Waals surface area contributed by atoms with Crippen LogP contribution < -0.4 is 5.73 Å². The average Bonchev–Trinajstić information content (AvgIpc) is 2.49. The first-order chi connectivity index (χ1) is 5.81. The Labute approximate surface area is 75.1 Å². The number of rotatable bonds is 1. The zero-order valence-corrected chi connectivity index (χ0v) is 7.40. The quantitative estimate of drug-likeness (QED) is 0.718. The summed E-state index contributed by atoms with van der Waals surface area (Å²) in [6.07, 6.45) is 0.781. The molecule has 2 N–H and O–H groups in total. The van der Waals surface area contributed by atoms with E-state index in [1.165, 1.54) is 6.07 Å². The fourth-order valence-corrected chi connectivity index (χ4v) is 2.61. The molecule has 1 nitrogen and oxygen atoms in total. The van der Waals surface area contributed by atoms with Crippen molar-refractivity contribution in [2.24, 2.45) is 5.73 Å². The minimum atomic E-state index is -0.0871. The second kappa shape index (κ2) is 3.07. The van der Waals surface area contributed by atoms with Gasteiger partial charge in [-0.25, -0.2) is 4.39 Å². The van der Waals surface area contributed by atoms with Gasteiger partial charge in [-0.15, -0.1) is 11.8 Å². The summed E-state index contributed by atoms with van der Waals surface area (Å²) in [7, 11) is 0. The molecule has 12 heavy (non-hydrogen) atoms. The standard InChI is InChI=1S/C9H10FNS/c10-8-2-1-3-9-7(8)4-6(5-11)12-9/h1-3,6H,4-5,11H2/t6-/m0/s1. The highest BCUT2D eigenvalue weighted by Crippen LogP contribution is 2.37. The molecule has 0 radical (unpaired) electrons. The number of hydrogen-bond acceptors (Lipinski definition) is 2. The molecule has 0 unspecified atom stereocenters. The zero-order chi connectivity index (χ0) is 8.55. The van der Waals surface area contributed by atoms with Crippen LogP contribution in [0.5, 0.6) is 0 Å². The molecule has 0 bridgehead atoms. The Morgan fingerprint density at radius 3 is 3.08 bits per heavy atom. The van der Waals surface area contributed by atoms with Crippen molar-refractivity contribution in [1.82, 2.24) is 0 Å². The number of nitrogens with two attached hydrogens (primary N) is 1. The van der Waals surface area contributed by atoms with Gasteiger partial charge in [-0.05, 0) is 18.6 Å². The molecule has 2 rings (SSSR count). The Balaban J connectivity index is 2.35. The fraction of sp³-hybridized carbons (Fsp3) is 0.333. The topological polar surface area (TPSA) is 26.0 Å². The van der Waals surface area contributed by atoms with Gasteiger partial charge in [-0.1, -0.05) is 6.07 Å². The van der Waals surface area contributed by atoms with Gasteiger partial charge in [-0.2, -0.15) is 0 Å².